The minimum absolute atomic E-state index is 0.290. The van der Waals surface area contributed by atoms with Gasteiger partial charge in [0.25, 0.3) is 0 Å². The van der Waals surface area contributed by atoms with Crippen LogP contribution in [0.15, 0.2) is 53.7 Å². The van der Waals surface area contributed by atoms with Gasteiger partial charge in [0.15, 0.2) is 5.16 Å². The highest BCUT2D eigenvalue weighted by Crippen LogP contribution is 2.18. The molecule has 1 heterocycles. The Kier molecular flexibility index (Phi) is 3.36. The molecule has 3 nitrogen and oxygen atoms in total. The molecule has 2 aromatic carbocycles. The highest BCUT2D eigenvalue weighted by Gasteiger charge is 2.14. The first-order chi connectivity index (χ1) is 9.65. The molecule has 0 aliphatic heterocycles. The molecule has 3 aromatic rings. The molecule has 0 unspecified atom stereocenters. The van der Waals surface area contributed by atoms with Gasteiger partial charge in [-0.15, -0.1) is 0 Å². The van der Waals surface area contributed by atoms with Crippen molar-refractivity contribution in [2.75, 3.05) is 0 Å². The lowest BCUT2D eigenvalue weighted by atomic mass is 10.2. The Labute approximate surface area is 118 Å². The van der Waals surface area contributed by atoms with Crippen molar-refractivity contribution in [1.82, 2.24) is 9.55 Å². The predicted molar refractivity (Wildman–Crippen MR) is 77.2 cm³/mol. The summed E-state index contributed by atoms with van der Waals surface area (Å²) in [4.78, 5) is 4.41. The van der Waals surface area contributed by atoms with Gasteiger partial charge < -0.3 is 4.57 Å². The normalized spacial score (nSPS) is 12.7. The fraction of sp³-hybridized carbons (Fsp3) is 0.133. The van der Waals surface area contributed by atoms with Gasteiger partial charge in [-0.1, -0.05) is 24.3 Å². The Morgan fingerprint density at radius 3 is 2.55 bits per heavy atom. The maximum atomic E-state index is 12.9. The molecule has 0 bridgehead atoms. The molecule has 0 spiro atoms. The van der Waals surface area contributed by atoms with Crippen LogP contribution in [0.4, 0.5) is 4.39 Å². The van der Waals surface area contributed by atoms with E-state index < -0.39 is 10.8 Å². The maximum Gasteiger partial charge on any atom is 0.200 e. The van der Waals surface area contributed by atoms with Gasteiger partial charge in [-0.05, 0) is 29.8 Å². The molecular formula is C15H13FN2OS. The van der Waals surface area contributed by atoms with Crippen molar-refractivity contribution in [1.29, 1.82) is 0 Å². The van der Waals surface area contributed by atoms with Crippen LogP contribution in [-0.2, 0) is 23.6 Å². The van der Waals surface area contributed by atoms with Crippen molar-refractivity contribution >= 4 is 21.8 Å². The number of halogens is 1. The smallest absolute Gasteiger partial charge is 0.200 e. The Bertz CT molecular complexity index is 780. The Hall–Kier alpha value is -2.01. The average Bonchev–Trinajstić information content (AvgIpc) is 2.79. The molecule has 1 atom stereocenters. The van der Waals surface area contributed by atoms with E-state index in [1.807, 2.05) is 35.9 Å². The van der Waals surface area contributed by atoms with E-state index >= 15 is 0 Å². The lowest BCUT2D eigenvalue weighted by Gasteiger charge is -2.03. The molecule has 5 heteroatoms. The molecule has 0 saturated heterocycles. The Morgan fingerprint density at radius 2 is 1.85 bits per heavy atom. The van der Waals surface area contributed by atoms with E-state index in [0.717, 1.165) is 16.6 Å². The zero-order valence-electron chi connectivity index (χ0n) is 10.9. The van der Waals surface area contributed by atoms with E-state index in [-0.39, 0.29) is 5.82 Å². The van der Waals surface area contributed by atoms with Crippen LogP contribution in [0.1, 0.15) is 5.56 Å². The second kappa shape index (κ2) is 5.17. The van der Waals surface area contributed by atoms with E-state index in [1.54, 1.807) is 12.1 Å². The summed E-state index contributed by atoms with van der Waals surface area (Å²) in [5.41, 5.74) is 2.62. The summed E-state index contributed by atoms with van der Waals surface area (Å²) in [6, 6.07) is 13.7. The quantitative estimate of drug-likeness (QED) is 0.742. The van der Waals surface area contributed by atoms with Crippen LogP contribution in [-0.4, -0.2) is 13.8 Å². The molecule has 0 N–H and O–H groups in total. The summed E-state index contributed by atoms with van der Waals surface area (Å²) < 4.78 is 27.1. The fourth-order valence-electron chi connectivity index (χ4n) is 2.12. The Morgan fingerprint density at radius 1 is 1.15 bits per heavy atom. The first-order valence-corrected chi connectivity index (χ1v) is 7.51. The minimum atomic E-state index is -1.26. The highest BCUT2D eigenvalue weighted by atomic mass is 32.2. The van der Waals surface area contributed by atoms with Crippen molar-refractivity contribution < 1.29 is 8.60 Å². The number of aryl methyl sites for hydroxylation is 1. The molecule has 0 radical (unpaired) electrons. The summed E-state index contributed by atoms with van der Waals surface area (Å²) in [6.45, 7) is 0. The minimum Gasteiger partial charge on any atom is -0.320 e. The highest BCUT2D eigenvalue weighted by molar-refractivity contribution is 7.84. The predicted octanol–water partition coefficient (Wildman–Crippen LogP) is 3.02. The van der Waals surface area contributed by atoms with Gasteiger partial charge in [-0.25, -0.2) is 9.37 Å². The molecule has 0 fully saturated rings. The van der Waals surface area contributed by atoms with Crippen molar-refractivity contribution in [2.45, 2.75) is 10.9 Å². The molecule has 3 rings (SSSR count). The van der Waals surface area contributed by atoms with Crippen LogP contribution < -0.4 is 0 Å². The Balaban J connectivity index is 1.92. The van der Waals surface area contributed by atoms with Crippen molar-refractivity contribution in [3.05, 3.63) is 59.9 Å². The standard InChI is InChI=1S/C15H13FN2OS/c1-18-14-5-3-2-4-13(14)17-15(18)20(19)10-11-6-8-12(16)9-7-11/h2-9H,10H2,1H3/t20-/m0/s1. The van der Waals surface area contributed by atoms with E-state index in [9.17, 15) is 8.60 Å². The second-order valence-electron chi connectivity index (χ2n) is 4.56. The van der Waals surface area contributed by atoms with Gasteiger partial charge in [0.2, 0.25) is 0 Å². The second-order valence-corrected chi connectivity index (χ2v) is 5.90. The third-order valence-corrected chi connectivity index (χ3v) is 4.53. The van der Waals surface area contributed by atoms with Crippen LogP contribution in [0.3, 0.4) is 0 Å². The fourth-order valence-corrected chi connectivity index (χ4v) is 3.35. The van der Waals surface area contributed by atoms with Gasteiger partial charge >= 0.3 is 0 Å². The molecule has 0 amide bonds. The van der Waals surface area contributed by atoms with Gasteiger partial charge in [-0.3, -0.25) is 4.21 Å². The largest absolute Gasteiger partial charge is 0.320 e. The van der Waals surface area contributed by atoms with Crippen molar-refractivity contribution in [3.8, 4) is 0 Å². The first kappa shape index (κ1) is 13.0. The molecule has 0 aliphatic carbocycles. The van der Waals surface area contributed by atoms with Crippen molar-refractivity contribution in [3.63, 3.8) is 0 Å². The molecule has 102 valence electrons. The lowest BCUT2D eigenvalue weighted by Crippen LogP contribution is -2.04. The third-order valence-electron chi connectivity index (χ3n) is 3.16. The lowest BCUT2D eigenvalue weighted by molar-refractivity contribution is 0.627. The molecular weight excluding hydrogens is 275 g/mol. The van der Waals surface area contributed by atoms with Crippen LogP contribution in [0.2, 0.25) is 0 Å². The number of imidazole rings is 1. The van der Waals surface area contributed by atoms with E-state index in [2.05, 4.69) is 4.98 Å². The van der Waals surface area contributed by atoms with Gasteiger partial charge in [0.05, 0.1) is 27.6 Å². The third kappa shape index (κ3) is 2.36. The topological polar surface area (TPSA) is 34.9 Å². The van der Waals surface area contributed by atoms with Crippen LogP contribution >= 0.6 is 0 Å². The zero-order chi connectivity index (χ0) is 14.1. The summed E-state index contributed by atoms with van der Waals surface area (Å²) in [5, 5.41) is 0.538. The molecule has 0 saturated carbocycles. The molecule has 0 aliphatic rings. The van der Waals surface area contributed by atoms with E-state index in [1.165, 1.54) is 12.1 Å². The molecule has 1 aromatic heterocycles. The van der Waals surface area contributed by atoms with Crippen LogP contribution in [0.5, 0.6) is 0 Å². The summed E-state index contributed by atoms with van der Waals surface area (Å²) in [6.07, 6.45) is 0. The molecule has 20 heavy (non-hydrogen) atoms. The zero-order valence-corrected chi connectivity index (χ0v) is 11.7. The summed E-state index contributed by atoms with van der Waals surface area (Å²) in [5.74, 6) is 0.0412. The van der Waals surface area contributed by atoms with Gasteiger partial charge in [0.1, 0.15) is 5.82 Å². The van der Waals surface area contributed by atoms with Crippen molar-refractivity contribution in [2.24, 2.45) is 7.05 Å². The van der Waals surface area contributed by atoms with Crippen LogP contribution in [0, 0.1) is 5.82 Å². The number of aromatic nitrogens is 2. The first-order valence-electron chi connectivity index (χ1n) is 6.19. The maximum absolute atomic E-state index is 12.9. The van der Waals surface area contributed by atoms with Crippen LogP contribution in [0.25, 0.3) is 11.0 Å². The van der Waals surface area contributed by atoms with Gasteiger partial charge in [0, 0.05) is 7.05 Å². The number of hydrogen-bond acceptors (Lipinski definition) is 2. The average molecular weight is 288 g/mol. The number of nitrogens with zero attached hydrogens (tertiary/aromatic N) is 2. The SMILES string of the molecule is Cn1c([S@@](=O)Cc2ccc(F)cc2)nc2ccccc21. The number of para-hydroxylation sites is 2. The number of hydrogen-bond donors (Lipinski definition) is 0. The summed E-state index contributed by atoms with van der Waals surface area (Å²) in [7, 11) is 0.599. The number of fused-ring (bicyclic) bond motifs is 1. The van der Waals surface area contributed by atoms with Gasteiger partial charge in [-0.2, -0.15) is 0 Å². The number of rotatable bonds is 3. The van der Waals surface area contributed by atoms with E-state index in [0.29, 0.717) is 10.9 Å². The number of benzene rings is 2. The monoisotopic (exact) mass is 288 g/mol. The summed E-state index contributed by atoms with van der Waals surface area (Å²) >= 11 is 0. The van der Waals surface area contributed by atoms with E-state index in [4.69, 9.17) is 0 Å².